The van der Waals surface area contributed by atoms with Crippen molar-refractivity contribution >= 4 is 33.9 Å². The van der Waals surface area contributed by atoms with E-state index in [0.717, 1.165) is 46.0 Å². The molecule has 0 aliphatic heterocycles. The molecule has 0 saturated heterocycles. The molecule has 36 heavy (non-hydrogen) atoms. The molecule has 4 rings (SSSR count). The number of thioether (sulfide) groups is 1. The summed E-state index contributed by atoms with van der Waals surface area (Å²) in [5.41, 5.74) is 3.36. The standard InChI is InChI=1S/C28H29BrN4O2S/c1-3-7-27-31-32-28(36-20-22-10-13-24(29)14-11-22)33(27)30-19-23-12-15-25(26(18-23)34-2)35-17-16-21-8-5-4-6-9-21/h4-6,8-15,18-19H,3,7,16-17,20H2,1-2H3/b30-19+. The molecule has 8 heteroatoms. The first-order valence-corrected chi connectivity index (χ1v) is 13.6. The Morgan fingerprint density at radius 2 is 1.75 bits per heavy atom. The summed E-state index contributed by atoms with van der Waals surface area (Å²) < 4.78 is 14.5. The molecule has 0 aliphatic rings. The van der Waals surface area contributed by atoms with Crippen LogP contribution in [0.5, 0.6) is 11.5 Å². The van der Waals surface area contributed by atoms with Gasteiger partial charge in [0.15, 0.2) is 17.3 Å². The van der Waals surface area contributed by atoms with Gasteiger partial charge in [0.05, 0.1) is 19.9 Å². The molecule has 6 nitrogen and oxygen atoms in total. The predicted molar refractivity (Wildman–Crippen MR) is 149 cm³/mol. The molecule has 1 aromatic heterocycles. The van der Waals surface area contributed by atoms with E-state index in [0.29, 0.717) is 18.1 Å². The second-order valence-electron chi connectivity index (χ2n) is 8.11. The van der Waals surface area contributed by atoms with Gasteiger partial charge in [-0.15, -0.1) is 10.2 Å². The second kappa shape index (κ2) is 13.3. The summed E-state index contributed by atoms with van der Waals surface area (Å²) in [4.78, 5) is 0. The summed E-state index contributed by atoms with van der Waals surface area (Å²) in [7, 11) is 1.65. The summed E-state index contributed by atoms with van der Waals surface area (Å²) in [6.45, 7) is 2.70. The zero-order valence-electron chi connectivity index (χ0n) is 20.4. The molecule has 0 radical (unpaired) electrons. The van der Waals surface area contributed by atoms with E-state index < -0.39 is 0 Å². The Bertz CT molecular complexity index is 1280. The number of rotatable bonds is 12. The van der Waals surface area contributed by atoms with Gasteiger partial charge in [-0.05, 0) is 53.4 Å². The topological polar surface area (TPSA) is 61.5 Å². The van der Waals surface area contributed by atoms with Crippen LogP contribution in [0.4, 0.5) is 0 Å². The summed E-state index contributed by atoms with van der Waals surface area (Å²) in [6, 6.07) is 24.4. The van der Waals surface area contributed by atoms with Crippen molar-refractivity contribution in [3.63, 3.8) is 0 Å². The number of hydrogen-bond donors (Lipinski definition) is 0. The van der Waals surface area contributed by atoms with Gasteiger partial charge < -0.3 is 9.47 Å². The van der Waals surface area contributed by atoms with Crippen LogP contribution in [-0.2, 0) is 18.6 Å². The van der Waals surface area contributed by atoms with E-state index >= 15 is 0 Å². The quantitative estimate of drug-likeness (QED) is 0.140. The molecule has 0 N–H and O–H groups in total. The predicted octanol–water partition coefficient (Wildman–Crippen LogP) is 6.80. The van der Waals surface area contributed by atoms with E-state index in [9.17, 15) is 0 Å². The van der Waals surface area contributed by atoms with E-state index in [-0.39, 0.29) is 0 Å². The fourth-order valence-electron chi connectivity index (χ4n) is 3.54. The summed E-state index contributed by atoms with van der Waals surface area (Å²) in [5.74, 6) is 3.03. The number of benzene rings is 3. The zero-order chi connectivity index (χ0) is 25.2. The lowest BCUT2D eigenvalue weighted by atomic mass is 10.2. The first-order valence-electron chi connectivity index (χ1n) is 11.9. The maximum Gasteiger partial charge on any atom is 0.212 e. The Morgan fingerprint density at radius 3 is 2.50 bits per heavy atom. The average molecular weight is 566 g/mol. The molecule has 0 amide bonds. The Morgan fingerprint density at radius 1 is 0.944 bits per heavy atom. The maximum absolute atomic E-state index is 5.99. The van der Waals surface area contributed by atoms with Gasteiger partial charge >= 0.3 is 0 Å². The van der Waals surface area contributed by atoms with E-state index in [1.54, 1.807) is 18.9 Å². The van der Waals surface area contributed by atoms with Gasteiger partial charge in [0.1, 0.15) is 0 Å². The second-order valence-corrected chi connectivity index (χ2v) is 9.97. The normalized spacial score (nSPS) is 11.2. The van der Waals surface area contributed by atoms with E-state index in [2.05, 4.69) is 57.3 Å². The minimum absolute atomic E-state index is 0.577. The van der Waals surface area contributed by atoms with Crippen molar-refractivity contribution in [3.05, 3.63) is 99.8 Å². The lowest BCUT2D eigenvalue weighted by Gasteiger charge is -2.11. The number of ether oxygens (including phenoxy) is 2. The number of methoxy groups -OCH3 is 1. The van der Waals surface area contributed by atoms with Gasteiger partial charge in [-0.3, -0.25) is 0 Å². The fraction of sp³-hybridized carbons (Fsp3) is 0.250. The molecule has 0 fully saturated rings. The maximum atomic E-state index is 5.99. The minimum atomic E-state index is 0.577. The van der Waals surface area contributed by atoms with Crippen molar-refractivity contribution < 1.29 is 9.47 Å². The molecule has 0 aliphatic carbocycles. The summed E-state index contributed by atoms with van der Waals surface area (Å²) >= 11 is 5.10. The minimum Gasteiger partial charge on any atom is -0.493 e. The lowest BCUT2D eigenvalue weighted by Crippen LogP contribution is -2.03. The van der Waals surface area contributed by atoms with Gasteiger partial charge in [-0.1, -0.05) is 77.1 Å². The number of aromatic nitrogens is 3. The molecular formula is C28H29BrN4O2S. The van der Waals surface area contributed by atoms with Gasteiger partial charge in [0, 0.05) is 23.1 Å². The first-order chi connectivity index (χ1) is 17.7. The average Bonchev–Trinajstić information content (AvgIpc) is 3.29. The van der Waals surface area contributed by atoms with Crippen molar-refractivity contribution in [2.75, 3.05) is 13.7 Å². The van der Waals surface area contributed by atoms with E-state index in [1.807, 2.05) is 59.4 Å². The molecule has 0 bridgehead atoms. The Hall–Kier alpha value is -3.10. The summed E-state index contributed by atoms with van der Waals surface area (Å²) in [5, 5.41) is 14.3. The van der Waals surface area contributed by atoms with Crippen LogP contribution in [0.15, 0.2) is 87.5 Å². The molecular weight excluding hydrogens is 536 g/mol. The highest BCUT2D eigenvalue weighted by molar-refractivity contribution is 9.10. The van der Waals surface area contributed by atoms with Crippen molar-refractivity contribution in [1.29, 1.82) is 0 Å². The van der Waals surface area contributed by atoms with Crippen LogP contribution >= 0.6 is 27.7 Å². The molecule has 4 aromatic rings. The van der Waals surface area contributed by atoms with E-state index in [4.69, 9.17) is 14.6 Å². The first kappa shape index (κ1) is 26.0. The van der Waals surface area contributed by atoms with Gasteiger partial charge in [-0.2, -0.15) is 9.78 Å². The van der Waals surface area contributed by atoms with Crippen molar-refractivity contribution in [1.82, 2.24) is 14.9 Å². The van der Waals surface area contributed by atoms with Crippen LogP contribution in [0.25, 0.3) is 0 Å². The zero-order valence-corrected chi connectivity index (χ0v) is 22.8. The van der Waals surface area contributed by atoms with Crippen molar-refractivity contribution in [3.8, 4) is 11.5 Å². The Labute approximate surface area is 224 Å². The molecule has 1 heterocycles. The highest BCUT2D eigenvalue weighted by Crippen LogP contribution is 2.28. The lowest BCUT2D eigenvalue weighted by molar-refractivity contribution is 0.297. The van der Waals surface area contributed by atoms with Crippen LogP contribution in [0.2, 0.25) is 0 Å². The monoisotopic (exact) mass is 564 g/mol. The third kappa shape index (κ3) is 7.21. The summed E-state index contributed by atoms with van der Waals surface area (Å²) in [6.07, 6.45) is 4.42. The van der Waals surface area contributed by atoms with Gasteiger partial charge in [-0.25, -0.2) is 0 Å². The third-order valence-corrected chi connectivity index (χ3v) is 6.95. The van der Waals surface area contributed by atoms with Crippen molar-refractivity contribution in [2.24, 2.45) is 5.10 Å². The fourth-order valence-corrected chi connectivity index (χ4v) is 4.67. The largest absolute Gasteiger partial charge is 0.493 e. The van der Waals surface area contributed by atoms with Crippen LogP contribution in [-0.4, -0.2) is 34.8 Å². The van der Waals surface area contributed by atoms with Gasteiger partial charge in [0.25, 0.3) is 0 Å². The molecule has 0 saturated carbocycles. The van der Waals surface area contributed by atoms with E-state index in [1.165, 1.54) is 11.1 Å². The van der Waals surface area contributed by atoms with Gasteiger partial charge in [0.2, 0.25) is 5.16 Å². The number of aryl methyl sites for hydroxylation is 1. The van der Waals surface area contributed by atoms with Crippen LogP contribution in [0.3, 0.4) is 0 Å². The van der Waals surface area contributed by atoms with Crippen molar-refractivity contribution in [2.45, 2.75) is 37.1 Å². The number of nitrogens with zero attached hydrogens (tertiary/aromatic N) is 4. The van der Waals surface area contributed by atoms with Crippen LogP contribution in [0, 0.1) is 0 Å². The highest BCUT2D eigenvalue weighted by atomic mass is 79.9. The third-order valence-electron chi connectivity index (χ3n) is 5.43. The Kier molecular flexibility index (Phi) is 9.58. The molecule has 0 unspecified atom stereocenters. The number of halogens is 1. The molecule has 0 spiro atoms. The smallest absolute Gasteiger partial charge is 0.212 e. The van der Waals surface area contributed by atoms with Crippen LogP contribution < -0.4 is 9.47 Å². The SMILES string of the molecule is CCCc1nnc(SCc2ccc(Br)cc2)n1/N=C/c1ccc(OCCc2ccccc2)c(OC)c1. The number of hydrogen-bond acceptors (Lipinski definition) is 6. The molecule has 186 valence electrons. The molecule has 0 atom stereocenters. The highest BCUT2D eigenvalue weighted by Gasteiger charge is 2.12. The Balaban J connectivity index is 1.45. The molecule has 3 aromatic carbocycles. The van der Waals surface area contributed by atoms with Crippen LogP contribution in [0.1, 0.15) is 35.9 Å².